The maximum atomic E-state index is 3.47. The van der Waals surface area contributed by atoms with Gasteiger partial charge in [0, 0.05) is 15.1 Å². The Balaban J connectivity index is 2.37. The molecular formula is C8H9BrS. The molecule has 0 radical (unpaired) electrons. The Morgan fingerprint density at radius 1 is 1.50 bits per heavy atom. The molecule has 0 aromatic carbocycles. The number of thiophene rings is 1. The zero-order chi connectivity index (χ0) is 6.97. The third-order valence-corrected chi connectivity index (χ3v) is 4.14. The van der Waals surface area contributed by atoms with Crippen LogP contribution in [0.2, 0.25) is 0 Å². The zero-order valence-electron chi connectivity index (χ0n) is 5.69. The number of rotatable bonds is 1. The van der Waals surface area contributed by atoms with Crippen LogP contribution in [0.5, 0.6) is 0 Å². The van der Waals surface area contributed by atoms with Crippen LogP contribution in [0.15, 0.2) is 6.07 Å². The van der Waals surface area contributed by atoms with Gasteiger partial charge in [-0.25, -0.2) is 0 Å². The highest BCUT2D eigenvalue weighted by Gasteiger charge is 2.13. The summed E-state index contributed by atoms with van der Waals surface area (Å²) in [5.41, 5.74) is 1.61. The molecule has 2 rings (SSSR count). The van der Waals surface area contributed by atoms with Crippen molar-refractivity contribution in [3.63, 3.8) is 0 Å². The third kappa shape index (κ3) is 1.04. The summed E-state index contributed by atoms with van der Waals surface area (Å²) in [7, 11) is 0. The van der Waals surface area contributed by atoms with E-state index in [1.54, 1.807) is 10.4 Å². The van der Waals surface area contributed by atoms with Crippen LogP contribution in [0.25, 0.3) is 0 Å². The van der Waals surface area contributed by atoms with E-state index >= 15 is 0 Å². The van der Waals surface area contributed by atoms with Gasteiger partial charge in [-0.15, -0.1) is 11.3 Å². The Hall–Kier alpha value is 0.180. The molecule has 0 bridgehead atoms. The zero-order valence-corrected chi connectivity index (χ0v) is 8.09. The molecule has 1 aromatic rings. The van der Waals surface area contributed by atoms with E-state index in [1.807, 2.05) is 11.3 Å². The first-order chi connectivity index (χ1) is 4.90. The van der Waals surface area contributed by atoms with E-state index in [4.69, 9.17) is 0 Å². The van der Waals surface area contributed by atoms with Crippen molar-refractivity contribution in [3.8, 4) is 0 Å². The molecule has 0 amide bonds. The van der Waals surface area contributed by atoms with Gasteiger partial charge in [-0.1, -0.05) is 15.9 Å². The highest BCUT2D eigenvalue weighted by molar-refractivity contribution is 9.08. The van der Waals surface area contributed by atoms with E-state index in [0.29, 0.717) is 0 Å². The fraction of sp³-hybridized carbons (Fsp3) is 0.500. The molecule has 1 aromatic heterocycles. The maximum Gasteiger partial charge on any atom is 0.0377 e. The summed E-state index contributed by atoms with van der Waals surface area (Å²) in [5.74, 6) is 0. The van der Waals surface area contributed by atoms with Gasteiger partial charge in [0.2, 0.25) is 0 Å². The molecule has 1 aliphatic carbocycles. The van der Waals surface area contributed by atoms with Gasteiger partial charge in [-0.3, -0.25) is 0 Å². The Bertz CT molecular complexity index is 218. The first-order valence-corrected chi connectivity index (χ1v) is 5.50. The van der Waals surface area contributed by atoms with Crippen LogP contribution in [0.3, 0.4) is 0 Å². The lowest BCUT2D eigenvalue weighted by Crippen LogP contribution is -1.71. The third-order valence-electron chi connectivity index (χ3n) is 1.93. The van der Waals surface area contributed by atoms with E-state index in [0.717, 1.165) is 5.33 Å². The number of hydrogen-bond donors (Lipinski definition) is 0. The van der Waals surface area contributed by atoms with E-state index in [2.05, 4.69) is 22.0 Å². The number of fused-ring (bicyclic) bond motifs is 1. The van der Waals surface area contributed by atoms with Crippen molar-refractivity contribution in [2.24, 2.45) is 0 Å². The SMILES string of the molecule is BrCc1cc2c(s1)CCC2. The number of halogens is 1. The molecular weight excluding hydrogens is 208 g/mol. The number of aryl methyl sites for hydroxylation is 2. The fourth-order valence-corrected chi connectivity index (χ4v) is 3.07. The van der Waals surface area contributed by atoms with Crippen molar-refractivity contribution in [3.05, 3.63) is 21.4 Å². The molecule has 0 spiro atoms. The minimum absolute atomic E-state index is 1.03. The van der Waals surface area contributed by atoms with Gasteiger partial charge >= 0.3 is 0 Å². The van der Waals surface area contributed by atoms with Crippen LogP contribution in [-0.4, -0.2) is 0 Å². The maximum absolute atomic E-state index is 3.47. The fourth-order valence-electron chi connectivity index (χ4n) is 1.46. The van der Waals surface area contributed by atoms with Crippen LogP contribution >= 0.6 is 27.3 Å². The largest absolute Gasteiger partial charge is 0.144 e. The molecule has 0 atom stereocenters. The minimum Gasteiger partial charge on any atom is -0.144 e. The van der Waals surface area contributed by atoms with Gasteiger partial charge in [-0.2, -0.15) is 0 Å². The van der Waals surface area contributed by atoms with Crippen molar-refractivity contribution in [2.45, 2.75) is 24.6 Å². The first-order valence-electron chi connectivity index (χ1n) is 3.56. The lowest BCUT2D eigenvalue weighted by Gasteiger charge is -1.84. The predicted octanol–water partition coefficient (Wildman–Crippen LogP) is 3.13. The second kappa shape index (κ2) is 2.67. The van der Waals surface area contributed by atoms with Crippen molar-refractivity contribution < 1.29 is 0 Å². The van der Waals surface area contributed by atoms with Gasteiger partial charge in [0.15, 0.2) is 0 Å². The smallest absolute Gasteiger partial charge is 0.0377 e. The summed E-state index contributed by atoms with van der Waals surface area (Å²) in [4.78, 5) is 3.12. The first kappa shape index (κ1) is 6.86. The molecule has 0 saturated carbocycles. The molecule has 2 heteroatoms. The van der Waals surface area contributed by atoms with Crippen molar-refractivity contribution >= 4 is 27.3 Å². The van der Waals surface area contributed by atoms with E-state index < -0.39 is 0 Å². The molecule has 54 valence electrons. The van der Waals surface area contributed by atoms with Crippen LogP contribution in [-0.2, 0) is 18.2 Å². The molecule has 0 nitrogen and oxygen atoms in total. The highest BCUT2D eigenvalue weighted by atomic mass is 79.9. The lowest BCUT2D eigenvalue weighted by molar-refractivity contribution is 0.914. The van der Waals surface area contributed by atoms with Crippen LogP contribution in [0.1, 0.15) is 21.7 Å². The molecule has 0 aliphatic heterocycles. The van der Waals surface area contributed by atoms with Gasteiger partial charge < -0.3 is 0 Å². The number of alkyl halides is 1. The molecule has 10 heavy (non-hydrogen) atoms. The molecule has 0 saturated heterocycles. The van der Waals surface area contributed by atoms with E-state index in [1.165, 1.54) is 24.1 Å². The average molecular weight is 217 g/mol. The highest BCUT2D eigenvalue weighted by Crippen LogP contribution is 2.31. The summed E-state index contributed by atoms with van der Waals surface area (Å²) in [5, 5.41) is 1.03. The topological polar surface area (TPSA) is 0 Å². The van der Waals surface area contributed by atoms with Crippen molar-refractivity contribution in [1.82, 2.24) is 0 Å². The second-order valence-corrected chi connectivity index (χ2v) is 4.43. The summed E-state index contributed by atoms with van der Waals surface area (Å²) in [6.07, 6.45) is 4.02. The summed E-state index contributed by atoms with van der Waals surface area (Å²) in [6, 6.07) is 2.35. The van der Waals surface area contributed by atoms with Crippen LogP contribution < -0.4 is 0 Å². The Morgan fingerprint density at radius 2 is 2.40 bits per heavy atom. The second-order valence-electron chi connectivity index (χ2n) is 2.65. The van der Waals surface area contributed by atoms with Gasteiger partial charge in [0.25, 0.3) is 0 Å². The summed E-state index contributed by atoms with van der Waals surface area (Å²) >= 11 is 5.44. The molecule has 1 aliphatic rings. The Labute approximate surface area is 73.4 Å². The monoisotopic (exact) mass is 216 g/mol. The molecule has 1 heterocycles. The normalized spacial score (nSPS) is 15.7. The van der Waals surface area contributed by atoms with Crippen molar-refractivity contribution in [1.29, 1.82) is 0 Å². The summed E-state index contributed by atoms with van der Waals surface area (Å²) in [6.45, 7) is 0. The predicted molar refractivity (Wildman–Crippen MR) is 49.0 cm³/mol. The molecule has 0 fully saturated rings. The van der Waals surface area contributed by atoms with Crippen LogP contribution in [0, 0.1) is 0 Å². The van der Waals surface area contributed by atoms with E-state index in [9.17, 15) is 0 Å². The quantitative estimate of drug-likeness (QED) is 0.634. The Kier molecular flexibility index (Phi) is 1.83. The average Bonchev–Trinajstić information content (AvgIpc) is 2.42. The standard InChI is InChI=1S/C8H9BrS/c9-5-7-4-6-2-1-3-8(6)10-7/h4H,1-3,5H2. The molecule has 0 unspecified atom stereocenters. The van der Waals surface area contributed by atoms with Gasteiger partial charge in [-0.05, 0) is 30.9 Å². The Morgan fingerprint density at radius 3 is 3.10 bits per heavy atom. The van der Waals surface area contributed by atoms with E-state index in [-0.39, 0.29) is 0 Å². The van der Waals surface area contributed by atoms with Crippen LogP contribution in [0.4, 0.5) is 0 Å². The lowest BCUT2D eigenvalue weighted by atomic mass is 10.2. The summed E-state index contributed by atoms with van der Waals surface area (Å²) < 4.78 is 0. The molecule has 0 N–H and O–H groups in total. The van der Waals surface area contributed by atoms with Crippen molar-refractivity contribution in [2.75, 3.05) is 0 Å². The minimum atomic E-state index is 1.03. The van der Waals surface area contributed by atoms with Gasteiger partial charge in [0.05, 0.1) is 0 Å². The number of hydrogen-bond acceptors (Lipinski definition) is 1. The van der Waals surface area contributed by atoms with Gasteiger partial charge in [0.1, 0.15) is 0 Å².